The Labute approximate surface area is 205 Å². The van der Waals surface area contributed by atoms with Gasteiger partial charge < -0.3 is 25.0 Å². The summed E-state index contributed by atoms with van der Waals surface area (Å²) in [5, 5.41) is 5.42. The topological polar surface area (TPSA) is 83.1 Å². The number of alkyl halides is 3. The van der Waals surface area contributed by atoms with Crippen molar-refractivity contribution >= 4 is 17.6 Å². The third kappa shape index (κ3) is 8.88. The fourth-order valence-corrected chi connectivity index (χ4v) is 3.94. The van der Waals surface area contributed by atoms with E-state index in [9.17, 15) is 22.8 Å². The van der Waals surface area contributed by atoms with Gasteiger partial charge in [0.1, 0.15) is 12.4 Å². The monoisotopic (exact) mass is 502 g/mol. The van der Waals surface area contributed by atoms with Gasteiger partial charge in [0.05, 0.1) is 18.1 Å². The van der Waals surface area contributed by atoms with Crippen LogP contribution in [0.5, 0.6) is 5.75 Å². The van der Waals surface area contributed by atoms with E-state index in [0.717, 1.165) is 0 Å². The highest BCUT2D eigenvalue weighted by atomic mass is 19.4. The minimum absolute atomic E-state index is 0.0634. The van der Waals surface area contributed by atoms with Gasteiger partial charge in [-0.15, -0.1) is 0 Å². The Hall–Kier alpha value is -2.53. The molecule has 0 spiro atoms. The first-order valence-electron chi connectivity index (χ1n) is 11.7. The third-order valence-corrected chi connectivity index (χ3v) is 5.94. The lowest BCUT2D eigenvalue weighted by Crippen LogP contribution is -2.47. The number of ether oxygens (including phenoxy) is 2. The minimum Gasteiger partial charge on any atom is -0.491 e. The zero-order valence-electron chi connectivity index (χ0n) is 21.2. The van der Waals surface area contributed by atoms with Crippen LogP contribution in [0.1, 0.15) is 44.5 Å². The highest BCUT2D eigenvalue weighted by Gasteiger charge is 2.32. The van der Waals surface area contributed by atoms with Gasteiger partial charge in [-0.3, -0.25) is 9.69 Å². The van der Waals surface area contributed by atoms with Crippen LogP contribution in [-0.4, -0.2) is 86.5 Å². The lowest BCUT2D eigenvalue weighted by Gasteiger charge is -2.36. The van der Waals surface area contributed by atoms with Gasteiger partial charge >= 0.3 is 12.2 Å². The van der Waals surface area contributed by atoms with Crippen LogP contribution in [0.15, 0.2) is 18.2 Å². The normalized spacial score (nSPS) is 22.6. The van der Waals surface area contributed by atoms with Crippen molar-refractivity contribution in [2.45, 2.75) is 58.5 Å². The summed E-state index contributed by atoms with van der Waals surface area (Å²) in [6.07, 6.45) is -5.57. The molecule has 0 unspecified atom stereocenters. The molecule has 1 heterocycles. The number of amides is 3. The maximum absolute atomic E-state index is 13.2. The predicted molar refractivity (Wildman–Crippen MR) is 128 cm³/mol. The molecular formula is C24H37F3N4O4. The van der Waals surface area contributed by atoms with E-state index in [2.05, 4.69) is 10.6 Å². The van der Waals surface area contributed by atoms with E-state index in [1.54, 1.807) is 37.1 Å². The summed E-state index contributed by atoms with van der Waals surface area (Å²) in [5.41, 5.74) is 0.717. The fraction of sp³-hybridized carbons (Fsp3) is 0.667. The molecule has 3 amide bonds. The van der Waals surface area contributed by atoms with Gasteiger partial charge in [-0.05, 0) is 38.8 Å². The minimum atomic E-state index is -4.27. The number of nitrogens with one attached hydrogen (secondary N) is 2. The van der Waals surface area contributed by atoms with Crippen molar-refractivity contribution in [1.82, 2.24) is 15.1 Å². The van der Waals surface area contributed by atoms with Crippen molar-refractivity contribution in [1.29, 1.82) is 0 Å². The quantitative estimate of drug-likeness (QED) is 0.637. The molecule has 1 aromatic carbocycles. The zero-order valence-corrected chi connectivity index (χ0v) is 21.2. The molecular weight excluding hydrogens is 465 g/mol. The Bertz CT molecular complexity index is 866. The number of fused-ring (bicyclic) bond motifs is 1. The summed E-state index contributed by atoms with van der Waals surface area (Å²) >= 11 is 0. The fourth-order valence-electron chi connectivity index (χ4n) is 3.94. The molecule has 0 fully saturated rings. The molecule has 3 atom stereocenters. The van der Waals surface area contributed by atoms with Crippen LogP contribution in [0.2, 0.25) is 0 Å². The van der Waals surface area contributed by atoms with E-state index in [-0.39, 0.29) is 55.5 Å². The number of rotatable bonds is 5. The number of carbonyl (C=O) groups is 2. The van der Waals surface area contributed by atoms with Crippen molar-refractivity contribution in [3.05, 3.63) is 23.8 Å². The number of hydrogen-bond acceptors (Lipinski definition) is 5. The summed E-state index contributed by atoms with van der Waals surface area (Å²) in [7, 11) is 3.18. The smallest absolute Gasteiger partial charge is 0.390 e. The van der Waals surface area contributed by atoms with Crippen molar-refractivity contribution < 1.29 is 32.2 Å². The van der Waals surface area contributed by atoms with E-state index in [4.69, 9.17) is 9.47 Å². The van der Waals surface area contributed by atoms with Crippen LogP contribution in [0.4, 0.5) is 23.7 Å². The standard InChI is InChI=1S/C24H37F3N4O4/c1-15(2)28-23(33)29-18-7-8-19-20(11-18)35-14-17(4)31(10-9-24(25,26)27)12-16(3)21(34-6)13-30(5)22(19)32/h7-8,11,15-17,21H,9-10,12-14H2,1-6H3,(H2,28,29,33)/t16-,17+,21+/m1/s1. The van der Waals surface area contributed by atoms with Crippen LogP contribution in [0.25, 0.3) is 0 Å². The number of anilines is 1. The second-order valence-corrected chi connectivity index (χ2v) is 9.42. The maximum atomic E-state index is 13.2. The molecule has 0 saturated carbocycles. The van der Waals surface area contributed by atoms with Gasteiger partial charge in [0.2, 0.25) is 0 Å². The van der Waals surface area contributed by atoms with Crippen LogP contribution in [0, 0.1) is 5.92 Å². The van der Waals surface area contributed by atoms with E-state index >= 15 is 0 Å². The molecule has 1 aromatic rings. The summed E-state index contributed by atoms with van der Waals surface area (Å²) in [5.74, 6) is -0.167. The molecule has 1 aliphatic rings. The van der Waals surface area contributed by atoms with Gasteiger partial charge in [-0.25, -0.2) is 4.79 Å². The van der Waals surface area contributed by atoms with Crippen LogP contribution >= 0.6 is 0 Å². The summed E-state index contributed by atoms with van der Waals surface area (Å²) in [6.45, 7) is 7.86. The molecule has 35 heavy (non-hydrogen) atoms. The number of methoxy groups -OCH3 is 1. The Kier molecular flexibility index (Phi) is 10.2. The van der Waals surface area contributed by atoms with Crippen LogP contribution in [-0.2, 0) is 4.74 Å². The number of urea groups is 1. The lowest BCUT2D eigenvalue weighted by molar-refractivity contribution is -0.140. The Balaban J connectivity index is 2.37. The van der Waals surface area contributed by atoms with Gasteiger partial charge in [0.15, 0.2) is 0 Å². The first-order chi connectivity index (χ1) is 16.3. The molecule has 1 aliphatic heterocycles. The number of carbonyl (C=O) groups excluding carboxylic acids is 2. The predicted octanol–water partition coefficient (Wildman–Crippen LogP) is 3.97. The molecule has 0 aliphatic carbocycles. The second kappa shape index (κ2) is 12.4. The van der Waals surface area contributed by atoms with Gasteiger partial charge in [-0.1, -0.05) is 6.92 Å². The molecule has 0 bridgehead atoms. The third-order valence-electron chi connectivity index (χ3n) is 5.94. The molecule has 0 saturated heterocycles. The zero-order chi connectivity index (χ0) is 26.3. The molecule has 2 rings (SSSR count). The molecule has 8 nitrogen and oxygen atoms in total. The van der Waals surface area contributed by atoms with Crippen LogP contribution < -0.4 is 15.4 Å². The number of halogens is 3. The first kappa shape index (κ1) is 28.7. The number of likely N-dealkylation sites (N-methyl/N-ethyl adjacent to an activating group) is 1. The SMILES string of the molecule is CO[C@H]1CN(C)C(=O)c2ccc(NC(=O)NC(C)C)cc2OC[C@H](C)N(CCC(F)(F)F)C[C@H]1C. The molecule has 0 radical (unpaired) electrons. The second-order valence-electron chi connectivity index (χ2n) is 9.42. The largest absolute Gasteiger partial charge is 0.491 e. The van der Waals surface area contributed by atoms with E-state index in [0.29, 0.717) is 17.8 Å². The van der Waals surface area contributed by atoms with Crippen molar-refractivity contribution in [3.63, 3.8) is 0 Å². The maximum Gasteiger partial charge on any atom is 0.390 e. The number of benzene rings is 1. The Morgan fingerprint density at radius 3 is 2.54 bits per heavy atom. The average Bonchev–Trinajstić information content (AvgIpc) is 2.76. The summed E-state index contributed by atoms with van der Waals surface area (Å²) < 4.78 is 50.5. The van der Waals surface area contributed by atoms with Crippen molar-refractivity contribution in [2.24, 2.45) is 5.92 Å². The van der Waals surface area contributed by atoms with Gasteiger partial charge in [0, 0.05) is 57.6 Å². The first-order valence-corrected chi connectivity index (χ1v) is 11.7. The van der Waals surface area contributed by atoms with Gasteiger partial charge in [0.25, 0.3) is 5.91 Å². The van der Waals surface area contributed by atoms with E-state index in [1.807, 2.05) is 20.8 Å². The van der Waals surface area contributed by atoms with Crippen LogP contribution in [0.3, 0.4) is 0 Å². The van der Waals surface area contributed by atoms with Crippen molar-refractivity contribution in [2.75, 3.05) is 45.7 Å². The van der Waals surface area contributed by atoms with E-state index < -0.39 is 18.6 Å². The Morgan fingerprint density at radius 1 is 1.26 bits per heavy atom. The highest BCUT2D eigenvalue weighted by molar-refractivity contribution is 5.98. The lowest BCUT2D eigenvalue weighted by atomic mass is 10.0. The van der Waals surface area contributed by atoms with E-state index in [1.165, 1.54) is 12.0 Å². The molecule has 11 heteroatoms. The molecule has 198 valence electrons. The number of nitrogens with zero attached hydrogens (tertiary/aromatic N) is 2. The molecule has 0 aromatic heterocycles. The Morgan fingerprint density at radius 2 is 1.94 bits per heavy atom. The molecule has 2 N–H and O–H groups in total. The van der Waals surface area contributed by atoms with Gasteiger partial charge in [-0.2, -0.15) is 13.2 Å². The van der Waals surface area contributed by atoms with Crippen molar-refractivity contribution in [3.8, 4) is 5.75 Å². The summed E-state index contributed by atoms with van der Waals surface area (Å²) in [4.78, 5) is 28.6. The average molecular weight is 503 g/mol. The summed E-state index contributed by atoms with van der Waals surface area (Å²) in [6, 6.07) is 3.90. The highest BCUT2D eigenvalue weighted by Crippen LogP contribution is 2.27. The number of hydrogen-bond donors (Lipinski definition) is 2.